The minimum absolute atomic E-state index is 0.0666. The summed E-state index contributed by atoms with van der Waals surface area (Å²) in [6.07, 6.45) is 1.21. The molecule has 0 spiro atoms. The van der Waals surface area contributed by atoms with E-state index in [0.29, 0.717) is 19.1 Å². The molecule has 0 aliphatic carbocycles. The molecule has 1 aromatic heterocycles. The van der Waals surface area contributed by atoms with Gasteiger partial charge in [-0.1, -0.05) is 13.8 Å². The third-order valence-corrected chi connectivity index (χ3v) is 2.77. The summed E-state index contributed by atoms with van der Waals surface area (Å²) < 4.78 is 5.12. The highest BCUT2D eigenvalue weighted by molar-refractivity contribution is 5.57. The predicted octanol–water partition coefficient (Wildman–Crippen LogP) is 1.90. The van der Waals surface area contributed by atoms with Crippen LogP contribution in [0.1, 0.15) is 20.8 Å². The average molecular weight is 283 g/mol. The lowest BCUT2D eigenvalue weighted by Crippen LogP contribution is -2.31. The van der Waals surface area contributed by atoms with E-state index < -0.39 is 4.92 Å². The van der Waals surface area contributed by atoms with Gasteiger partial charge < -0.3 is 15.4 Å². The number of rotatable bonds is 8. The van der Waals surface area contributed by atoms with Crippen molar-refractivity contribution in [3.8, 4) is 0 Å². The molecule has 2 N–H and O–H groups in total. The smallest absolute Gasteiger partial charge is 0.329 e. The van der Waals surface area contributed by atoms with Gasteiger partial charge >= 0.3 is 5.69 Å². The molecule has 8 heteroatoms. The molecular formula is C12H21N5O3. The van der Waals surface area contributed by atoms with Crippen molar-refractivity contribution in [1.29, 1.82) is 0 Å². The number of nitro groups is 1. The van der Waals surface area contributed by atoms with E-state index in [1.54, 1.807) is 7.11 Å². The molecule has 20 heavy (non-hydrogen) atoms. The van der Waals surface area contributed by atoms with Crippen LogP contribution in [0.15, 0.2) is 6.20 Å². The van der Waals surface area contributed by atoms with E-state index >= 15 is 0 Å². The fourth-order valence-corrected chi connectivity index (χ4v) is 1.61. The zero-order chi connectivity index (χ0) is 15.1. The largest absolute Gasteiger partial charge is 0.383 e. The Morgan fingerprint density at radius 2 is 2.20 bits per heavy atom. The maximum atomic E-state index is 11.0. The molecule has 0 saturated carbocycles. The molecule has 0 aromatic carbocycles. The molecule has 1 aromatic rings. The van der Waals surface area contributed by atoms with E-state index in [-0.39, 0.29) is 23.5 Å². The molecule has 0 radical (unpaired) electrons. The van der Waals surface area contributed by atoms with Crippen LogP contribution >= 0.6 is 0 Å². The quantitative estimate of drug-likeness (QED) is 0.554. The van der Waals surface area contributed by atoms with E-state index in [2.05, 4.69) is 20.6 Å². The summed E-state index contributed by atoms with van der Waals surface area (Å²) in [5, 5.41) is 17.0. The van der Waals surface area contributed by atoms with Gasteiger partial charge in [0, 0.05) is 13.7 Å². The molecule has 0 bridgehead atoms. The van der Waals surface area contributed by atoms with E-state index in [1.807, 2.05) is 20.8 Å². The van der Waals surface area contributed by atoms with Crippen LogP contribution in [0.4, 0.5) is 17.5 Å². The molecule has 0 fully saturated rings. The Kier molecular flexibility index (Phi) is 6.10. The molecule has 0 aliphatic heterocycles. The minimum atomic E-state index is -0.498. The highest BCUT2D eigenvalue weighted by atomic mass is 16.6. The molecular weight excluding hydrogens is 262 g/mol. The van der Waals surface area contributed by atoms with Gasteiger partial charge in [-0.05, 0) is 12.8 Å². The predicted molar refractivity (Wildman–Crippen MR) is 77.0 cm³/mol. The second-order valence-electron chi connectivity index (χ2n) is 4.67. The van der Waals surface area contributed by atoms with E-state index in [1.165, 1.54) is 6.20 Å². The normalized spacial score (nSPS) is 12.2. The fraction of sp³-hybridized carbons (Fsp3) is 0.667. The topological polar surface area (TPSA) is 102 Å². The van der Waals surface area contributed by atoms with Gasteiger partial charge in [-0.3, -0.25) is 10.1 Å². The van der Waals surface area contributed by atoms with Gasteiger partial charge in [0.25, 0.3) is 0 Å². The summed E-state index contributed by atoms with van der Waals surface area (Å²) in [5.74, 6) is 0.810. The third kappa shape index (κ3) is 4.30. The summed E-state index contributed by atoms with van der Waals surface area (Å²) >= 11 is 0. The van der Waals surface area contributed by atoms with Gasteiger partial charge in [0.05, 0.1) is 17.6 Å². The van der Waals surface area contributed by atoms with Crippen LogP contribution in [0, 0.1) is 16.0 Å². The Hall–Kier alpha value is -1.96. The van der Waals surface area contributed by atoms with Crippen LogP contribution in [0.3, 0.4) is 0 Å². The first-order chi connectivity index (χ1) is 9.49. The number of aromatic nitrogens is 2. The van der Waals surface area contributed by atoms with Crippen molar-refractivity contribution in [1.82, 2.24) is 9.97 Å². The van der Waals surface area contributed by atoms with Gasteiger partial charge in [-0.2, -0.15) is 4.98 Å². The van der Waals surface area contributed by atoms with Crippen LogP contribution in [0.5, 0.6) is 0 Å². The highest BCUT2D eigenvalue weighted by Gasteiger charge is 2.22. The van der Waals surface area contributed by atoms with Crippen molar-refractivity contribution in [2.45, 2.75) is 26.8 Å². The van der Waals surface area contributed by atoms with Crippen molar-refractivity contribution in [2.24, 2.45) is 5.92 Å². The molecule has 1 rings (SSSR count). The number of methoxy groups -OCH3 is 1. The van der Waals surface area contributed by atoms with E-state index in [4.69, 9.17) is 4.74 Å². The second kappa shape index (κ2) is 7.59. The van der Waals surface area contributed by atoms with Crippen LogP contribution in [0.2, 0.25) is 0 Å². The van der Waals surface area contributed by atoms with Crippen molar-refractivity contribution in [3.63, 3.8) is 0 Å². The van der Waals surface area contributed by atoms with Crippen LogP contribution in [-0.2, 0) is 4.74 Å². The summed E-state index contributed by atoms with van der Waals surface area (Å²) in [6, 6.07) is -0.0666. The first-order valence-corrected chi connectivity index (χ1v) is 6.50. The van der Waals surface area contributed by atoms with Gasteiger partial charge in [0.2, 0.25) is 11.8 Å². The molecule has 1 heterocycles. The molecule has 112 valence electrons. The first kappa shape index (κ1) is 16.1. The molecule has 0 amide bonds. The molecule has 1 atom stereocenters. The van der Waals surface area contributed by atoms with Gasteiger partial charge in [0.1, 0.15) is 6.20 Å². The Balaban J connectivity index is 3.04. The van der Waals surface area contributed by atoms with Crippen molar-refractivity contribution < 1.29 is 9.66 Å². The lowest BCUT2D eigenvalue weighted by atomic mass is 10.1. The lowest BCUT2D eigenvalue weighted by molar-refractivity contribution is -0.384. The maximum absolute atomic E-state index is 11.0. The van der Waals surface area contributed by atoms with E-state index in [0.717, 1.165) is 0 Å². The molecule has 8 nitrogen and oxygen atoms in total. The highest BCUT2D eigenvalue weighted by Crippen LogP contribution is 2.24. The molecule has 0 aliphatic rings. The number of hydrogen-bond donors (Lipinski definition) is 2. The first-order valence-electron chi connectivity index (χ1n) is 6.50. The van der Waals surface area contributed by atoms with Gasteiger partial charge in [-0.25, -0.2) is 4.98 Å². The number of nitrogens with one attached hydrogen (secondary N) is 2. The average Bonchev–Trinajstić information content (AvgIpc) is 2.38. The number of ether oxygens (including phenoxy) is 1. The van der Waals surface area contributed by atoms with Crippen LogP contribution in [-0.4, -0.2) is 41.2 Å². The van der Waals surface area contributed by atoms with Crippen molar-refractivity contribution in [2.75, 3.05) is 30.9 Å². The Morgan fingerprint density at radius 3 is 2.70 bits per heavy atom. The second-order valence-corrected chi connectivity index (χ2v) is 4.67. The van der Waals surface area contributed by atoms with Gasteiger partial charge in [-0.15, -0.1) is 0 Å². The SMILES string of the molecule is CCNc1ncc([N+](=O)[O-])c(NC(COC)C(C)C)n1. The standard InChI is InChI=1S/C12H21N5O3/c1-5-13-12-14-6-10(17(18)19)11(16-12)15-9(7-20-4)8(2)3/h6,8-9H,5,7H2,1-4H3,(H2,13,14,15,16). The Labute approximate surface area is 118 Å². The van der Waals surface area contributed by atoms with Crippen LogP contribution < -0.4 is 10.6 Å². The summed E-state index contributed by atoms with van der Waals surface area (Å²) in [4.78, 5) is 18.6. The molecule has 1 unspecified atom stereocenters. The Morgan fingerprint density at radius 1 is 1.50 bits per heavy atom. The molecule has 0 saturated heterocycles. The minimum Gasteiger partial charge on any atom is -0.383 e. The summed E-state index contributed by atoms with van der Waals surface area (Å²) in [6.45, 7) is 7.00. The third-order valence-electron chi connectivity index (χ3n) is 2.77. The Bertz CT molecular complexity index is 453. The fourth-order valence-electron chi connectivity index (χ4n) is 1.61. The zero-order valence-electron chi connectivity index (χ0n) is 12.2. The van der Waals surface area contributed by atoms with Crippen molar-refractivity contribution in [3.05, 3.63) is 16.3 Å². The summed E-state index contributed by atoms with van der Waals surface area (Å²) in [5.41, 5.74) is -0.145. The van der Waals surface area contributed by atoms with Gasteiger partial charge in [0.15, 0.2) is 0 Å². The maximum Gasteiger partial charge on any atom is 0.329 e. The zero-order valence-corrected chi connectivity index (χ0v) is 12.2. The van der Waals surface area contributed by atoms with Crippen LogP contribution in [0.25, 0.3) is 0 Å². The lowest BCUT2D eigenvalue weighted by Gasteiger charge is -2.22. The monoisotopic (exact) mass is 283 g/mol. The number of nitrogens with zero attached hydrogens (tertiary/aromatic N) is 3. The van der Waals surface area contributed by atoms with Crippen molar-refractivity contribution >= 4 is 17.5 Å². The number of hydrogen-bond acceptors (Lipinski definition) is 7. The number of anilines is 2. The van der Waals surface area contributed by atoms with E-state index in [9.17, 15) is 10.1 Å². The summed E-state index contributed by atoms with van der Waals surface area (Å²) in [7, 11) is 1.59.